The van der Waals surface area contributed by atoms with Gasteiger partial charge in [-0.05, 0) is 38.3 Å². The van der Waals surface area contributed by atoms with E-state index in [-0.39, 0.29) is 0 Å². The van der Waals surface area contributed by atoms with E-state index in [2.05, 4.69) is 29.1 Å². The van der Waals surface area contributed by atoms with E-state index in [1.54, 1.807) is 5.56 Å². The number of likely N-dealkylation sites (N-methyl/N-ethyl adjacent to an activating group) is 1. The quantitative estimate of drug-likeness (QED) is 0.844. The van der Waals surface area contributed by atoms with Gasteiger partial charge in [0, 0.05) is 25.7 Å². The van der Waals surface area contributed by atoms with Crippen LogP contribution in [0, 0.1) is 6.92 Å². The summed E-state index contributed by atoms with van der Waals surface area (Å²) >= 11 is 0. The Morgan fingerprint density at radius 1 is 1.38 bits per heavy atom. The molecule has 0 atom stereocenters. The largest absolute Gasteiger partial charge is 0.319 e. The van der Waals surface area contributed by atoms with Gasteiger partial charge in [-0.15, -0.1) is 0 Å². The zero-order valence-electron chi connectivity index (χ0n) is 10.7. The summed E-state index contributed by atoms with van der Waals surface area (Å²) in [6, 6.07) is 0. The van der Waals surface area contributed by atoms with Gasteiger partial charge in [0.1, 0.15) is 0 Å². The predicted molar refractivity (Wildman–Crippen MR) is 66.8 cm³/mol. The van der Waals surface area contributed by atoms with Crippen molar-refractivity contribution < 1.29 is 0 Å². The van der Waals surface area contributed by atoms with E-state index in [0.29, 0.717) is 0 Å². The van der Waals surface area contributed by atoms with E-state index in [4.69, 9.17) is 0 Å². The van der Waals surface area contributed by atoms with Crippen molar-refractivity contribution in [3.8, 4) is 0 Å². The third kappa shape index (κ3) is 2.14. The normalized spacial score (nSPS) is 17.2. The smallest absolute Gasteiger partial charge is 0.0631 e. The Morgan fingerprint density at radius 3 is 2.69 bits per heavy atom. The maximum absolute atomic E-state index is 4.60. The number of aryl methyl sites for hydroxylation is 2. The van der Waals surface area contributed by atoms with Crippen LogP contribution in [0.1, 0.15) is 48.6 Å². The minimum Gasteiger partial charge on any atom is -0.319 e. The molecule has 1 N–H and O–H groups in total. The Balaban J connectivity index is 2.26. The molecule has 0 bridgehead atoms. The predicted octanol–water partition coefficient (Wildman–Crippen LogP) is 2.15. The van der Waals surface area contributed by atoms with Crippen molar-refractivity contribution in [2.75, 3.05) is 13.6 Å². The van der Waals surface area contributed by atoms with Crippen LogP contribution in [0.4, 0.5) is 0 Å². The van der Waals surface area contributed by atoms with Crippen LogP contribution in [0.25, 0.3) is 0 Å². The maximum atomic E-state index is 4.60. The maximum Gasteiger partial charge on any atom is 0.0631 e. The molecule has 0 radical (unpaired) electrons. The highest BCUT2D eigenvalue weighted by Crippen LogP contribution is 2.37. The van der Waals surface area contributed by atoms with Crippen LogP contribution < -0.4 is 5.32 Å². The first-order chi connectivity index (χ1) is 7.74. The van der Waals surface area contributed by atoms with E-state index < -0.39 is 0 Å². The zero-order valence-corrected chi connectivity index (χ0v) is 10.7. The van der Waals surface area contributed by atoms with Crippen LogP contribution in [0.5, 0.6) is 0 Å². The van der Waals surface area contributed by atoms with Gasteiger partial charge < -0.3 is 5.32 Å². The average molecular weight is 221 g/mol. The fourth-order valence-electron chi connectivity index (χ4n) is 3.01. The Bertz CT molecular complexity index is 348. The average Bonchev–Trinajstić information content (AvgIpc) is 2.83. The highest BCUT2D eigenvalue weighted by Gasteiger charge is 2.24. The topological polar surface area (TPSA) is 29.9 Å². The van der Waals surface area contributed by atoms with E-state index in [0.717, 1.165) is 18.9 Å². The Hall–Kier alpha value is -0.830. The van der Waals surface area contributed by atoms with Gasteiger partial charge in [0.25, 0.3) is 0 Å². The minimum absolute atomic E-state index is 0.778. The van der Waals surface area contributed by atoms with Gasteiger partial charge in [0.2, 0.25) is 0 Å². The molecule has 1 fully saturated rings. The molecule has 0 amide bonds. The molecule has 1 heterocycles. The second-order valence-corrected chi connectivity index (χ2v) is 4.90. The molecule has 3 nitrogen and oxygen atoms in total. The molecule has 16 heavy (non-hydrogen) atoms. The van der Waals surface area contributed by atoms with Crippen molar-refractivity contribution in [3.05, 3.63) is 17.0 Å². The van der Waals surface area contributed by atoms with Crippen molar-refractivity contribution in [1.82, 2.24) is 15.1 Å². The number of hydrogen-bond donors (Lipinski definition) is 1. The van der Waals surface area contributed by atoms with Gasteiger partial charge in [-0.2, -0.15) is 5.10 Å². The van der Waals surface area contributed by atoms with Gasteiger partial charge in [-0.1, -0.05) is 12.8 Å². The number of nitrogens with zero attached hydrogens (tertiary/aromatic N) is 2. The summed E-state index contributed by atoms with van der Waals surface area (Å²) in [5, 5.41) is 7.83. The van der Waals surface area contributed by atoms with Crippen molar-refractivity contribution in [2.24, 2.45) is 7.05 Å². The van der Waals surface area contributed by atoms with Crippen molar-refractivity contribution in [3.63, 3.8) is 0 Å². The molecular formula is C13H23N3. The molecule has 0 aromatic carbocycles. The number of aromatic nitrogens is 2. The molecule has 2 rings (SSSR count). The van der Waals surface area contributed by atoms with E-state index in [9.17, 15) is 0 Å². The second kappa shape index (κ2) is 5.00. The summed E-state index contributed by atoms with van der Waals surface area (Å²) in [5.41, 5.74) is 4.24. The zero-order chi connectivity index (χ0) is 11.5. The minimum atomic E-state index is 0.778. The summed E-state index contributed by atoms with van der Waals surface area (Å²) in [6.45, 7) is 3.20. The molecule has 3 heteroatoms. The first-order valence-corrected chi connectivity index (χ1v) is 6.41. The first-order valence-electron chi connectivity index (χ1n) is 6.41. The highest BCUT2D eigenvalue weighted by atomic mass is 15.3. The lowest BCUT2D eigenvalue weighted by atomic mass is 9.94. The molecule has 1 aromatic rings. The summed E-state index contributed by atoms with van der Waals surface area (Å²) in [4.78, 5) is 0. The van der Waals surface area contributed by atoms with E-state index in [1.807, 2.05) is 7.05 Å². The highest BCUT2D eigenvalue weighted by molar-refractivity contribution is 5.30. The summed E-state index contributed by atoms with van der Waals surface area (Å²) in [6.07, 6.45) is 6.60. The molecule has 1 aliphatic carbocycles. The molecule has 1 aromatic heterocycles. The Morgan fingerprint density at radius 2 is 2.06 bits per heavy atom. The van der Waals surface area contributed by atoms with Crippen LogP contribution in [-0.4, -0.2) is 23.4 Å². The molecule has 0 saturated heterocycles. The van der Waals surface area contributed by atoms with Crippen LogP contribution in [-0.2, 0) is 13.5 Å². The fourth-order valence-corrected chi connectivity index (χ4v) is 3.01. The summed E-state index contributed by atoms with van der Waals surface area (Å²) in [7, 11) is 4.09. The van der Waals surface area contributed by atoms with Crippen LogP contribution in [0.2, 0.25) is 0 Å². The van der Waals surface area contributed by atoms with Gasteiger partial charge in [0.15, 0.2) is 0 Å². The lowest BCUT2D eigenvalue weighted by Crippen LogP contribution is -2.14. The van der Waals surface area contributed by atoms with Crippen LogP contribution in [0.15, 0.2) is 0 Å². The molecule has 0 unspecified atom stereocenters. The third-order valence-electron chi connectivity index (χ3n) is 3.77. The fraction of sp³-hybridized carbons (Fsp3) is 0.769. The van der Waals surface area contributed by atoms with Crippen LogP contribution >= 0.6 is 0 Å². The van der Waals surface area contributed by atoms with Gasteiger partial charge in [0.05, 0.1) is 5.69 Å². The SMILES string of the molecule is CNCCc1c(C2CCCC2)c(C)nn1C. The van der Waals surface area contributed by atoms with Crippen molar-refractivity contribution >= 4 is 0 Å². The Kier molecular flexibility index (Phi) is 3.64. The summed E-state index contributed by atoms with van der Waals surface area (Å²) in [5.74, 6) is 0.778. The van der Waals surface area contributed by atoms with E-state index in [1.165, 1.54) is 37.1 Å². The Labute approximate surface area is 98.2 Å². The third-order valence-corrected chi connectivity index (χ3v) is 3.77. The lowest BCUT2D eigenvalue weighted by molar-refractivity contribution is 0.657. The number of hydrogen-bond acceptors (Lipinski definition) is 2. The molecular weight excluding hydrogens is 198 g/mol. The molecule has 1 saturated carbocycles. The second-order valence-electron chi connectivity index (χ2n) is 4.90. The van der Waals surface area contributed by atoms with Gasteiger partial charge in [-0.3, -0.25) is 4.68 Å². The molecule has 0 aliphatic heterocycles. The van der Waals surface area contributed by atoms with Gasteiger partial charge in [-0.25, -0.2) is 0 Å². The monoisotopic (exact) mass is 221 g/mol. The molecule has 0 spiro atoms. The number of nitrogens with one attached hydrogen (secondary N) is 1. The number of rotatable bonds is 4. The molecule has 90 valence electrons. The molecule has 1 aliphatic rings. The standard InChI is InChI=1S/C13H23N3/c1-10-13(11-6-4-5-7-11)12(8-9-14-2)16(3)15-10/h11,14H,4-9H2,1-3H3. The summed E-state index contributed by atoms with van der Waals surface area (Å²) < 4.78 is 2.08. The van der Waals surface area contributed by atoms with Gasteiger partial charge >= 0.3 is 0 Å². The van der Waals surface area contributed by atoms with Crippen molar-refractivity contribution in [2.45, 2.75) is 44.9 Å². The van der Waals surface area contributed by atoms with E-state index >= 15 is 0 Å². The lowest BCUT2D eigenvalue weighted by Gasteiger charge is -2.12. The van der Waals surface area contributed by atoms with Crippen molar-refractivity contribution in [1.29, 1.82) is 0 Å². The first kappa shape index (κ1) is 11.6. The van der Waals surface area contributed by atoms with Crippen LogP contribution in [0.3, 0.4) is 0 Å².